The van der Waals surface area contributed by atoms with Crippen molar-refractivity contribution < 1.29 is 4.74 Å². The minimum absolute atomic E-state index is 0.167. The Morgan fingerprint density at radius 2 is 2.12 bits per heavy atom. The van der Waals surface area contributed by atoms with Crippen molar-refractivity contribution in [3.05, 3.63) is 0 Å². The lowest BCUT2D eigenvalue weighted by Gasteiger charge is -2.09. The third kappa shape index (κ3) is 2.99. The Labute approximate surface area is 51.0 Å². The van der Waals surface area contributed by atoms with Crippen molar-refractivity contribution in [3.63, 3.8) is 0 Å². The van der Waals surface area contributed by atoms with Gasteiger partial charge in [-0.3, -0.25) is 5.73 Å². The predicted molar refractivity (Wildman–Crippen MR) is 33.7 cm³/mol. The molecule has 0 aliphatic heterocycles. The smallest absolute Gasteiger partial charge is 0.0710 e. The fourth-order valence-electron chi connectivity index (χ4n) is 0.557. The molecule has 0 saturated carbocycles. The minimum Gasteiger partial charge on any atom is -0.377 e. The van der Waals surface area contributed by atoms with Crippen molar-refractivity contribution in [1.82, 2.24) is 5.73 Å². The van der Waals surface area contributed by atoms with Crippen LogP contribution in [0.2, 0.25) is 0 Å². The zero-order valence-corrected chi connectivity index (χ0v) is 5.61. The fraction of sp³-hybridized carbons (Fsp3) is 1.00. The molecule has 0 heterocycles. The van der Waals surface area contributed by atoms with Crippen LogP contribution in [0.5, 0.6) is 0 Å². The maximum atomic E-state index is 6.94. The Morgan fingerprint density at radius 1 is 1.50 bits per heavy atom. The van der Waals surface area contributed by atoms with Crippen LogP contribution in [-0.2, 0) is 4.74 Å². The second kappa shape index (κ2) is 5.06. The van der Waals surface area contributed by atoms with E-state index in [0.717, 1.165) is 13.0 Å². The van der Waals surface area contributed by atoms with E-state index in [0.29, 0.717) is 6.54 Å². The summed E-state index contributed by atoms with van der Waals surface area (Å²) in [6.07, 6.45) is 1.12. The molecule has 1 atom stereocenters. The summed E-state index contributed by atoms with van der Waals surface area (Å²) in [5.41, 5.74) is 6.94. The highest BCUT2D eigenvalue weighted by Gasteiger charge is 1.99. The number of nitrogens with one attached hydrogen (secondary N) is 1. The molecular formula is C6H14NO. The van der Waals surface area contributed by atoms with E-state index >= 15 is 0 Å². The van der Waals surface area contributed by atoms with Gasteiger partial charge in [-0.05, 0) is 13.3 Å². The quantitative estimate of drug-likeness (QED) is 0.541. The summed E-state index contributed by atoms with van der Waals surface area (Å²) in [7, 11) is 0. The molecule has 0 spiro atoms. The van der Waals surface area contributed by atoms with E-state index in [1.54, 1.807) is 0 Å². The molecule has 0 fully saturated rings. The lowest BCUT2D eigenvalue weighted by Crippen LogP contribution is -2.16. The summed E-state index contributed by atoms with van der Waals surface area (Å²) >= 11 is 0. The summed E-state index contributed by atoms with van der Waals surface area (Å²) in [6.45, 7) is 5.12. The normalized spacial score (nSPS) is 13.9. The van der Waals surface area contributed by atoms with Crippen molar-refractivity contribution >= 4 is 0 Å². The molecule has 2 nitrogen and oxygen atoms in total. The Hall–Kier alpha value is -0.0800. The van der Waals surface area contributed by atoms with Crippen LogP contribution in [0.3, 0.4) is 0 Å². The van der Waals surface area contributed by atoms with E-state index in [1.165, 1.54) is 0 Å². The molecule has 0 rings (SSSR count). The zero-order valence-electron chi connectivity index (χ0n) is 5.61. The highest BCUT2D eigenvalue weighted by atomic mass is 16.5. The first-order chi connectivity index (χ1) is 3.85. The van der Waals surface area contributed by atoms with Gasteiger partial charge in [0.2, 0.25) is 0 Å². The molecule has 1 radical (unpaired) electrons. The molecule has 0 saturated heterocycles. The van der Waals surface area contributed by atoms with Crippen LogP contribution in [0.25, 0.3) is 0 Å². The van der Waals surface area contributed by atoms with E-state index in [4.69, 9.17) is 10.5 Å². The lowest BCUT2D eigenvalue weighted by molar-refractivity contribution is 0.0655. The lowest BCUT2D eigenvalue weighted by atomic mass is 10.3. The Balaban J connectivity index is 3.07. The van der Waals surface area contributed by atoms with E-state index in [-0.39, 0.29) is 6.10 Å². The second-order valence-corrected chi connectivity index (χ2v) is 1.69. The summed E-state index contributed by atoms with van der Waals surface area (Å²) in [4.78, 5) is 0. The molecule has 0 aliphatic carbocycles. The number of ether oxygens (including phenoxy) is 1. The molecular weight excluding hydrogens is 102 g/mol. The third-order valence-electron chi connectivity index (χ3n) is 1.09. The summed E-state index contributed by atoms with van der Waals surface area (Å²) in [5, 5.41) is 0. The topological polar surface area (TPSA) is 33.0 Å². The predicted octanol–water partition coefficient (Wildman–Crippen LogP) is 1.08. The van der Waals surface area contributed by atoms with Gasteiger partial charge in [-0.2, -0.15) is 0 Å². The molecule has 0 aliphatic rings. The van der Waals surface area contributed by atoms with Gasteiger partial charge in [0.25, 0.3) is 0 Å². The van der Waals surface area contributed by atoms with E-state index in [9.17, 15) is 0 Å². The van der Waals surface area contributed by atoms with Crippen molar-refractivity contribution in [1.29, 1.82) is 0 Å². The van der Waals surface area contributed by atoms with E-state index in [1.807, 2.05) is 13.8 Å². The minimum atomic E-state index is 0.167. The largest absolute Gasteiger partial charge is 0.377 e. The van der Waals surface area contributed by atoms with Crippen molar-refractivity contribution in [2.75, 3.05) is 13.2 Å². The molecule has 2 heteroatoms. The van der Waals surface area contributed by atoms with Crippen molar-refractivity contribution in [2.24, 2.45) is 0 Å². The van der Waals surface area contributed by atoms with Crippen LogP contribution in [0.1, 0.15) is 20.3 Å². The van der Waals surface area contributed by atoms with Crippen LogP contribution in [-0.4, -0.2) is 19.3 Å². The highest BCUT2D eigenvalue weighted by Crippen LogP contribution is 1.93. The molecule has 0 aromatic heterocycles. The monoisotopic (exact) mass is 116 g/mol. The average Bonchev–Trinajstić information content (AvgIpc) is 1.83. The van der Waals surface area contributed by atoms with Gasteiger partial charge in [0.05, 0.1) is 6.10 Å². The van der Waals surface area contributed by atoms with Gasteiger partial charge in [-0.15, -0.1) is 0 Å². The Morgan fingerprint density at radius 3 is 2.25 bits per heavy atom. The maximum Gasteiger partial charge on any atom is 0.0710 e. The first kappa shape index (κ1) is 7.92. The molecule has 0 aromatic rings. The number of hydrogen-bond donors (Lipinski definition) is 0. The van der Waals surface area contributed by atoms with Crippen LogP contribution >= 0.6 is 0 Å². The van der Waals surface area contributed by atoms with Crippen molar-refractivity contribution in [2.45, 2.75) is 26.4 Å². The number of hydrogen-bond acceptors (Lipinski definition) is 1. The molecule has 0 aromatic carbocycles. The molecule has 8 heavy (non-hydrogen) atoms. The molecule has 0 amide bonds. The molecule has 0 bridgehead atoms. The van der Waals surface area contributed by atoms with Crippen molar-refractivity contribution in [3.8, 4) is 0 Å². The summed E-state index contributed by atoms with van der Waals surface area (Å²) < 4.78 is 5.15. The molecule has 1 unspecified atom stereocenters. The first-order valence-electron chi connectivity index (χ1n) is 3.11. The molecule has 1 N–H and O–H groups in total. The Kier molecular flexibility index (Phi) is 5.01. The van der Waals surface area contributed by atoms with Gasteiger partial charge in [0, 0.05) is 13.2 Å². The summed E-state index contributed by atoms with van der Waals surface area (Å²) in [6, 6.07) is 0. The average molecular weight is 116 g/mol. The number of rotatable bonds is 4. The van der Waals surface area contributed by atoms with Crippen LogP contribution in [0, 0.1) is 0 Å². The Bertz CT molecular complexity index is 43.8. The van der Waals surface area contributed by atoms with E-state index in [2.05, 4.69) is 0 Å². The van der Waals surface area contributed by atoms with Gasteiger partial charge in [-0.25, -0.2) is 0 Å². The van der Waals surface area contributed by atoms with Crippen LogP contribution < -0.4 is 5.73 Å². The van der Waals surface area contributed by atoms with Gasteiger partial charge in [0.1, 0.15) is 0 Å². The fourth-order valence-corrected chi connectivity index (χ4v) is 0.557. The standard InChI is InChI=1S/C6H14NO/c1-3-6(5-7)8-4-2/h6-7H,3-5H2,1-2H3. The SMILES string of the molecule is CCOC(CC)C[NH]. The second-order valence-electron chi connectivity index (χ2n) is 1.69. The first-order valence-corrected chi connectivity index (χ1v) is 3.11. The van der Waals surface area contributed by atoms with Gasteiger partial charge in [-0.1, -0.05) is 6.92 Å². The van der Waals surface area contributed by atoms with Gasteiger partial charge >= 0.3 is 0 Å². The summed E-state index contributed by atoms with van der Waals surface area (Å²) in [5.74, 6) is 0. The van der Waals surface area contributed by atoms with E-state index < -0.39 is 0 Å². The van der Waals surface area contributed by atoms with Gasteiger partial charge in [0.15, 0.2) is 0 Å². The zero-order chi connectivity index (χ0) is 6.41. The third-order valence-corrected chi connectivity index (χ3v) is 1.09. The van der Waals surface area contributed by atoms with Crippen LogP contribution in [0.4, 0.5) is 0 Å². The maximum absolute atomic E-state index is 6.94. The molecule has 49 valence electrons. The van der Waals surface area contributed by atoms with Crippen LogP contribution in [0.15, 0.2) is 0 Å². The highest BCUT2D eigenvalue weighted by molar-refractivity contribution is 4.52. The van der Waals surface area contributed by atoms with Gasteiger partial charge < -0.3 is 4.74 Å².